The summed E-state index contributed by atoms with van der Waals surface area (Å²) in [6, 6.07) is 11.6. The summed E-state index contributed by atoms with van der Waals surface area (Å²) < 4.78 is 2.12. The zero-order valence-corrected chi connectivity index (χ0v) is 19.0. The van der Waals surface area contributed by atoms with Crippen molar-refractivity contribution < 1.29 is 9.59 Å². The van der Waals surface area contributed by atoms with Gasteiger partial charge in [-0.15, -0.1) is 10.2 Å². The molecule has 32 heavy (non-hydrogen) atoms. The third-order valence-electron chi connectivity index (χ3n) is 5.85. The van der Waals surface area contributed by atoms with Crippen molar-refractivity contribution in [3.05, 3.63) is 48.8 Å². The lowest BCUT2D eigenvalue weighted by atomic mass is 9.96. The van der Waals surface area contributed by atoms with Crippen molar-refractivity contribution in [3.63, 3.8) is 0 Å². The Bertz CT molecular complexity index is 1190. The number of rotatable bonds is 5. The minimum absolute atomic E-state index is 0.143. The highest BCUT2D eigenvalue weighted by Gasteiger charge is 2.45. The van der Waals surface area contributed by atoms with Crippen LogP contribution in [0.15, 0.2) is 53.9 Å². The molecule has 1 saturated carbocycles. The molecule has 0 unspecified atom stereocenters. The Morgan fingerprint density at radius 2 is 1.97 bits per heavy atom. The van der Waals surface area contributed by atoms with E-state index in [2.05, 4.69) is 25.1 Å². The third-order valence-corrected chi connectivity index (χ3v) is 6.90. The zero-order chi connectivity index (χ0) is 22.5. The van der Waals surface area contributed by atoms with E-state index in [1.807, 2.05) is 43.3 Å². The molecule has 9 heteroatoms. The lowest BCUT2D eigenvalue weighted by Gasteiger charge is -2.43. The molecule has 2 aliphatic rings. The zero-order valence-electron chi connectivity index (χ0n) is 18.1. The number of hydrogen-bond donors (Lipinski definition) is 1. The molecule has 1 aliphatic carbocycles. The Balaban J connectivity index is 1.46. The summed E-state index contributed by atoms with van der Waals surface area (Å²) in [5.74, 6) is 0.420. The SMILES string of the molecule is C[C@H](Sc1nnc(-c2cccnc2)n1C1CC1)C(=O)N1c2ccccc2NC(=O)C1(C)C. The summed E-state index contributed by atoms with van der Waals surface area (Å²) in [7, 11) is 0. The Morgan fingerprint density at radius 1 is 1.19 bits per heavy atom. The normalized spacial score (nSPS) is 18.1. The van der Waals surface area contributed by atoms with Crippen LogP contribution < -0.4 is 10.2 Å². The molecule has 2 aromatic heterocycles. The minimum atomic E-state index is -1.01. The number of hydrogen-bond acceptors (Lipinski definition) is 6. The Morgan fingerprint density at radius 3 is 2.69 bits per heavy atom. The monoisotopic (exact) mass is 448 g/mol. The quantitative estimate of drug-likeness (QED) is 0.595. The molecule has 5 rings (SSSR count). The summed E-state index contributed by atoms with van der Waals surface area (Å²) in [5, 5.41) is 12.0. The number of carbonyl (C=O) groups is 2. The molecule has 0 saturated heterocycles. The van der Waals surface area contributed by atoms with Crippen LogP contribution in [0.3, 0.4) is 0 Å². The first kappa shape index (κ1) is 20.7. The van der Waals surface area contributed by atoms with E-state index in [4.69, 9.17) is 0 Å². The highest BCUT2D eigenvalue weighted by molar-refractivity contribution is 8.00. The number of carbonyl (C=O) groups excluding carboxylic acids is 2. The van der Waals surface area contributed by atoms with E-state index >= 15 is 0 Å². The summed E-state index contributed by atoms with van der Waals surface area (Å²) in [6.07, 6.45) is 5.63. The van der Waals surface area contributed by atoms with Gasteiger partial charge in [0.25, 0.3) is 0 Å². The van der Waals surface area contributed by atoms with Gasteiger partial charge in [0.1, 0.15) is 5.54 Å². The molecule has 0 radical (unpaired) electrons. The molecule has 3 heterocycles. The fourth-order valence-electron chi connectivity index (χ4n) is 3.95. The van der Waals surface area contributed by atoms with Crippen LogP contribution in [0.2, 0.25) is 0 Å². The molecule has 1 atom stereocenters. The summed E-state index contributed by atoms with van der Waals surface area (Å²) in [4.78, 5) is 32.2. The van der Waals surface area contributed by atoms with Crippen LogP contribution >= 0.6 is 11.8 Å². The maximum absolute atomic E-state index is 13.7. The van der Waals surface area contributed by atoms with Crippen molar-refractivity contribution in [1.82, 2.24) is 19.7 Å². The molecule has 1 fully saturated rings. The Hall–Kier alpha value is -3.20. The lowest BCUT2D eigenvalue weighted by molar-refractivity contribution is -0.126. The van der Waals surface area contributed by atoms with E-state index in [1.165, 1.54) is 11.8 Å². The smallest absolute Gasteiger partial charge is 0.250 e. The van der Waals surface area contributed by atoms with Crippen molar-refractivity contribution in [2.75, 3.05) is 10.2 Å². The van der Waals surface area contributed by atoms with Crippen LogP contribution in [0.1, 0.15) is 39.7 Å². The van der Waals surface area contributed by atoms with Gasteiger partial charge in [0.2, 0.25) is 11.8 Å². The van der Waals surface area contributed by atoms with Gasteiger partial charge in [0.15, 0.2) is 11.0 Å². The standard InChI is InChI=1S/C23H24N6O2S/c1-14(20(30)29-18-9-5-4-8-17(18)25-21(31)23(29,2)3)32-22-27-26-19(28(22)16-10-11-16)15-7-6-12-24-13-15/h4-9,12-14,16H,10-11H2,1-3H3,(H,25,31)/t14-/m0/s1. The summed E-state index contributed by atoms with van der Waals surface area (Å²) in [6.45, 7) is 5.38. The van der Waals surface area contributed by atoms with Gasteiger partial charge >= 0.3 is 0 Å². The Labute approximate surface area is 190 Å². The molecule has 2 amide bonds. The fourth-order valence-corrected chi connectivity index (χ4v) is 4.91. The van der Waals surface area contributed by atoms with E-state index in [0.717, 1.165) is 24.2 Å². The first-order valence-corrected chi connectivity index (χ1v) is 11.5. The second kappa shape index (κ2) is 7.74. The highest BCUT2D eigenvalue weighted by Crippen LogP contribution is 2.43. The van der Waals surface area contributed by atoms with Crippen LogP contribution in [0.4, 0.5) is 11.4 Å². The Kier molecular flexibility index (Phi) is 5.00. The number of nitrogens with zero attached hydrogens (tertiary/aromatic N) is 5. The van der Waals surface area contributed by atoms with Crippen LogP contribution in [0.25, 0.3) is 11.4 Å². The molecule has 8 nitrogen and oxygen atoms in total. The number of benzene rings is 1. The minimum Gasteiger partial charge on any atom is -0.322 e. The van der Waals surface area contributed by atoms with Gasteiger partial charge in [0.05, 0.1) is 16.6 Å². The van der Waals surface area contributed by atoms with Gasteiger partial charge in [-0.25, -0.2) is 0 Å². The van der Waals surface area contributed by atoms with Gasteiger partial charge in [-0.1, -0.05) is 23.9 Å². The first-order valence-electron chi connectivity index (χ1n) is 10.6. The maximum atomic E-state index is 13.7. The molecule has 3 aromatic rings. The molecule has 0 bridgehead atoms. The third kappa shape index (κ3) is 3.46. The molecule has 164 valence electrons. The average Bonchev–Trinajstić information content (AvgIpc) is 3.54. The van der Waals surface area contributed by atoms with Gasteiger partial charge in [-0.3, -0.25) is 24.0 Å². The number of thioether (sulfide) groups is 1. The summed E-state index contributed by atoms with van der Waals surface area (Å²) >= 11 is 1.38. The topological polar surface area (TPSA) is 93.0 Å². The predicted molar refractivity (Wildman–Crippen MR) is 123 cm³/mol. The second-order valence-electron chi connectivity index (χ2n) is 8.61. The van der Waals surface area contributed by atoms with Crippen molar-refractivity contribution in [1.29, 1.82) is 0 Å². The average molecular weight is 449 g/mol. The number of amides is 2. The van der Waals surface area contributed by atoms with Gasteiger partial charge in [0, 0.05) is 24.0 Å². The molecule has 0 spiro atoms. The number of aromatic nitrogens is 4. The van der Waals surface area contributed by atoms with Crippen molar-refractivity contribution in [2.24, 2.45) is 0 Å². The molecular formula is C23H24N6O2S. The van der Waals surface area contributed by atoms with E-state index in [-0.39, 0.29) is 11.8 Å². The van der Waals surface area contributed by atoms with Gasteiger partial charge in [-0.05, 0) is 57.9 Å². The first-order chi connectivity index (χ1) is 15.4. The van der Waals surface area contributed by atoms with Gasteiger partial charge < -0.3 is 5.32 Å². The van der Waals surface area contributed by atoms with Crippen LogP contribution in [-0.4, -0.2) is 42.4 Å². The van der Waals surface area contributed by atoms with E-state index in [9.17, 15) is 9.59 Å². The number of anilines is 2. The van der Waals surface area contributed by atoms with Crippen LogP contribution in [-0.2, 0) is 9.59 Å². The van der Waals surface area contributed by atoms with E-state index in [1.54, 1.807) is 31.1 Å². The van der Waals surface area contributed by atoms with E-state index < -0.39 is 10.8 Å². The number of nitrogens with one attached hydrogen (secondary N) is 1. The maximum Gasteiger partial charge on any atom is 0.250 e. The number of pyridine rings is 1. The van der Waals surface area contributed by atoms with E-state index in [0.29, 0.717) is 22.6 Å². The number of para-hydroxylation sites is 2. The number of fused-ring (bicyclic) bond motifs is 1. The predicted octanol–water partition coefficient (Wildman–Crippen LogP) is 3.92. The van der Waals surface area contributed by atoms with Crippen molar-refractivity contribution >= 4 is 35.0 Å². The largest absolute Gasteiger partial charge is 0.322 e. The van der Waals surface area contributed by atoms with Crippen molar-refractivity contribution in [3.8, 4) is 11.4 Å². The summed E-state index contributed by atoms with van der Waals surface area (Å²) in [5.41, 5.74) is 1.24. The van der Waals surface area contributed by atoms with Crippen molar-refractivity contribution in [2.45, 2.75) is 55.6 Å². The van der Waals surface area contributed by atoms with Gasteiger partial charge in [-0.2, -0.15) is 0 Å². The molecule has 1 aliphatic heterocycles. The highest BCUT2D eigenvalue weighted by atomic mass is 32.2. The molecule has 1 N–H and O–H groups in total. The molecular weight excluding hydrogens is 424 g/mol. The lowest BCUT2D eigenvalue weighted by Crippen LogP contribution is -2.60. The fraction of sp³-hybridized carbons (Fsp3) is 0.348. The second-order valence-corrected chi connectivity index (χ2v) is 9.92. The van der Waals surface area contributed by atoms with Crippen LogP contribution in [0, 0.1) is 0 Å². The molecule has 1 aromatic carbocycles. The van der Waals surface area contributed by atoms with Crippen LogP contribution in [0.5, 0.6) is 0 Å².